The third-order valence-corrected chi connectivity index (χ3v) is 4.52. The Bertz CT molecular complexity index is 450. The predicted octanol–water partition coefficient (Wildman–Crippen LogP) is 3.29. The Morgan fingerprint density at radius 1 is 1.46 bits per heavy atom. The van der Waals surface area contributed by atoms with E-state index in [4.69, 9.17) is 5.11 Å². The fourth-order valence-corrected chi connectivity index (χ4v) is 3.33. The van der Waals surface area contributed by atoms with Crippen LogP contribution in [0.4, 0.5) is 0 Å². The highest BCUT2D eigenvalue weighted by Crippen LogP contribution is 2.33. The average Bonchev–Trinajstić information content (AvgIpc) is 2.48. The van der Waals surface area contributed by atoms with Gasteiger partial charge in [-0.25, -0.2) is 0 Å². The van der Waals surface area contributed by atoms with Gasteiger partial charge in [-0.1, -0.05) is 6.07 Å². The van der Waals surface area contributed by atoms with E-state index in [0.717, 1.165) is 15.2 Å². The van der Waals surface area contributed by atoms with Crippen molar-refractivity contribution in [3.05, 3.63) is 27.3 Å². The van der Waals surface area contributed by atoms with Crippen LogP contribution in [0.3, 0.4) is 0 Å². The SMILES string of the molecule is OCc1ccc(I)c2sc(S)cc12. The molecule has 1 aromatic carbocycles. The topological polar surface area (TPSA) is 20.2 Å². The summed E-state index contributed by atoms with van der Waals surface area (Å²) in [6, 6.07) is 6.00. The van der Waals surface area contributed by atoms with Gasteiger partial charge in [0, 0.05) is 13.7 Å². The fraction of sp³-hybridized carbons (Fsp3) is 0.111. The molecule has 0 aliphatic heterocycles. The number of halogens is 1. The minimum Gasteiger partial charge on any atom is -0.392 e. The number of thiol groups is 1. The van der Waals surface area contributed by atoms with Crippen molar-refractivity contribution in [2.45, 2.75) is 10.8 Å². The molecule has 1 N–H and O–H groups in total. The molecular weight excluding hydrogens is 315 g/mol. The van der Waals surface area contributed by atoms with Crippen LogP contribution < -0.4 is 0 Å². The monoisotopic (exact) mass is 322 g/mol. The van der Waals surface area contributed by atoms with E-state index in [9.17, 15) is 0 Å². The summed E-state index contributed by atoms with van der Waals surface area (Å²) in [4.78, 5) is 0. The number of aliphatic hydroxyl groups is 1. The molecule has 1 heterocycles. The summed E-state index contributed by atoms with van der Waals surface area (Å²) in [5.74, 6) is 0. The fourth-order valence-electron chi connectivity index (χ4n) is 1.27. The summed E-state index contributed by atoms with van der Waals surface area (Å²) in [6.07, 6.45) is 0. The van der Waals surface area contributed by atoms with Crippen LogP contribution in [-0.2, 0) is 6.61 Å². The first kappa shape index (κ1) is 9.76. The van der Waals surface area contributed by atoms with Gasteiger partial charge < -0.3 is 5.11 Å². The second-order valence-electron chi connectivity index (χ2n) is 2.69. The largest absolute Gasteiger partial charge is 0.392 e. The zero-order chi connectivity index (χ0) is 9.42. The number of rotatable bonds is 1. The highest BCUT2D eigenvalue weighted by molar-refractivity contribution is 14.1. The van der Waals surface area contributed by atoms with Crippen molar-refractivity contribution in [3.63, 3.8) is 0 Å². The lowest BCUT2D eigenvalue weighted by atomic mass is 10.1. The van der Waals surface area contributed by atoms with Crippen molar-refractivity contribution in [3.8, 4) is 0 Å². The van der Waals surface area contributed by atoms with Crippen LogP contribution in [0.25, 0.3) is 10.1 Å². The third-order valence-electron chi connectivity index (χ3n) is 1.88. The van der Waals surface area contributed by atoms with E-state index >= 15 is 0 Å². The van der Waals surface area contributed by atoms with Crippen molar-refractivity contribution < 1.29 is 5.11 Å². The highest BCUT2D eigenvalue weighted by Gasteiger charge is 2.06. The van der Waals surface area contributed by atoms with Gasteiger partial charge >= 0.3 is 0 Å². The van der Waals surface area contributed by atoms with Crippen molar-refractivity contribution in [2.24, 2.45) is 0 Å². The molecule has 13 heavy (non-hydrogen) atoms. The Balaban J connectivity index is 2.83. The minimum atomic E-state index is 0.0946. The number of fused-ring (bicyclic) bond motifs is 1. The molecule has 4 heteroatoms. The summed E-state index contributed by atoms with van der Waals surface area (Å²) in [5, 5.41) is 10.2. The molecule has 0 amide bonds. The van der Waals surface area contributed by atoms with E-state index in [-0.39, 0.29) is 6.61 Å². The van der Waals surface area contributed by atoms with Gasteiger partial charge in [-0.2, -0.15) is 0 Å². The van der Waals surface area contributed by atoms with Gasteiger partial charge in [0.15, 0.2) is 0 Å². The van der Waals surface area contributed by atoms with E-state index in [1.807, 2.05) is 18.2 Å². The van der Waals surface area contributed by atoms with E-state index in [2.05, 4.69) is 35.2 Å². The Labute approximate surface area is 99.3 Å². The van der Waals surface area contributed by atoms with Crippen molar-refractivity contribution in [1.29, 1.82) is 0 Å². The second kappa shape index (κ2) is 3.76. The van der Waals surface area contributed by atoms with E-state index < -0.39 is 0 Å². The Kier molecular flexibility index (Phi) is 2.83. The van der Waals surface area contributed by atoms with Crippen LogP contribution in [-0.4, -0.2) is 5.11 Å². The normalized spacial score (nSPS) is 11.0. The van der Waals surface area contributed by atoms with Crippen LogP contribution in [0.15, 0.2) is 22.4 Å². The first-order valence-corrected chi connectivity index (χ1v) is 6.07. The molecule has 1 aromatic heterocycles. The molecule has 0 aliphatic rings. The van der Waals surface area contributed by atoms with E-state index in [1.54, 1.807) is 11.3 Å². The predicted molar refractivity (Wildman–Crippen MR) is 67.7 cm³/mol. The Hall–Kier alpha value is 0.220. The lowest BCUT2D eigenvalue weighted by Crippen LogP contribution is -1.83. The van der Waals surface area contributed by atoms with Crippen LogP contribution in [0.2, 0.25) is 0 Å². The van der Waals surface area contributed by atoms with E-state index in [0.29, 0.717) is 0 Å². The lowest BCUT2D eigenvalue weighted by molar-refractivity contribution is 0.283. The molecule has 0 spiro atoms. The molecule has 0 bridgehead atoms. The molecule has 0 saturated heterocycles. The van der Waals surface area contributed by atoms with Crippen molar-refractivity contribution >= 4 is 56.6 Å². The van der Waals surface area contributed by atoms with Gasteiger partial charge in [0.2, 0.25) is 0 Å². The molecular formula is C9H7IOS2. The molecule has 0 unspecified atom stereocenters. The first-order chi connectivity index (χ1) is 6.22. The van der Waals surface area contributed by atoms with Crippen LogP contribution in [0, 0.1) is 3.57 Å². The highest BCUT2D eigenvalue weighted by atomic mass is 127. The standard InChI is InChI=1S/C9H7IOS2/c10-7-2-1-5(4-11)6-3-8(12)13-9(6)7/h1-3,11-12H,4H2. The summed E-state index contributed by atoms with van der Waals surface area (Å²) >= 11 is 8.26. The first-order valence-electron chi connectivity index (χ1n) is 3.73. The average molecular weight is 322 g/mol. The molecule has 0 aliphatic carbocycles. The van der Waals surface area contributed by atoms with Gasteiger partial charge in [-0.3, -0.25) is 0 Å². The number of benzene rings is 1. The molecule has 68 valence electrons. The van der Waals surface area contributed by atoms with Gasteiger partial charge in [0.1, 0.15) is 0 Å². The number of thiophene rings is 1. The third kappa shape index (κ3) is 1.72. The van der Waals surface area contributed by atoms with Gasteiger partial charge in [-0.15, -0.1) is 24.0 Å². The maximum absolute atomic E-state index is 9.11. The number of aliphatic hydroxyl groups excluding tert-OH is 1. The van der Waals surface area contributed by atoms with Crippen molar-refractivity contribution in [1.82, 2.24) is 0 Å². The molecule has 2 aromatic rings. The summed E-state index contributed by atoms with van der Waals surface area (Å²) < 4.78 is 3.43. The van der Waals surface area contributed by atoms with Gasteiger partial charge in [0.25, 0.3) is 0 Å². The second-order valence-corrected chi connectivity index (χ2v) is 5.69. The molecule has 0 radical (unpaired) electrons. The van der Waals surface area contributed by atoms with Gasteiger partial charge in [0.05, 0.1) is 10.8 Å². The zero-order valence-corrected chi connectivity index (χ0v) is 10.5. The van der Waals surface area contributed by atoms with Crippen LogP contribution in [0.1, 0.15) is 5.56 Å². The summed E-state index contributed by atoms with van der Waals surface area (Å²) in [5.41, 5.74) is 0.979. The zero-order valence-electron chi connectivity index (χ0n) is 6.62. The van der Waals surface area contributed by atoms with Crippen LogP contribution in [0.5, 0.6) is 0 Å². The Morgan fingerprint density at radius 2 is 2.23 bits per heavy atom. The number of hydrogen-bond donors (Lipinski definition) is 2. The molecule has 0 fully saturated rings. The maximum Gasteiger partial charge on any atom is 0.0688 e. The summed E-state index contributed by atoms with van der Waals surface area (Å²) in [6.45, 7) is 0.0946. The van der Waals surface area contributed by atoms with Crippen molar-refractivity contribution in [2.75, 3.05) is 0 Å². The maximum atomic E-state index is 9.11. The number of hydrogen-bond acceptors (Lipinski definition) is 3. The molecule has 2 rings (SSSR count). The minimum absolute atomic E-state index is 0.0946. The van der Waals surface area contributed by atoms with E-state index in [1.165, 1.54) is 8.27 Å². The molecule has 0 atom stereocenters. The Morgan fingerprint density at radius 3 is 2.92 bits per heavy atom. The molecule has 0 saturated carbocycles. The summed E-state index contributed by atoms with van der Waals surface area (Å²) in [7, 11) is 0. The lowest BCUT2D eigenvalue weighted by Gasteiger charge is -1.99. The van der Waals surface area contributed by atoms with Gasteiger partial charge in [-0.05, 0) is 40.3 Å². The smallest absolute Gasteiger partial charge is 0.0688 e. The molecule has 1 nitrogen and oxygen atoms in total. The van der Waals surface area contributed by atoms with Crippen LogP contribution >= 0.6 is 46.6 Å². The quantitative estimate of drug-likeness (QED) is 0.610.